The van der Waals surface area contributed by atoms with Crippen molar-refractivity contribution in [2.45, 2.75) is 129 Å². The number of aldehydes is 1. The van der Waals surface area contributed by atoms with Crippen LogP contribution in [0.25, 0.3) is 0 Å². The van der Waals surface area contributed by atoms with Crippen molar-refractivity contribution in [1.29, 1.82) is 0 Å². The zero-order valence-electron chi connectivity index (χ0n) is 23.8. The largest absolute Gasteiger partial charge is 0.390 e. The fourth-order valence-corrected chi connectivity index (χ4v) is 11.3. The molecule has 1 heterocycles. The molecule has 0 amide bonds. The average Bonchev–Trinajstić information content (AvgIpc) is 3.11. The third kappa shape index (κ3) is 3.72. The third-order valence-electron chi connectivity index (χ3n) is 13.5. The van der Waals surface area contributed by atoms with Crippen LogP contribution in [-0.4, -0.2) is 56.9 Å². The van der Waals surface area contributed by atoms with Crippen molar-refractivity contribution in [1.82, 2.24) is 0 Å². The first-order chi connectivity index (χ1) is 17.9. The molecule has 0 bridgehead atoms. The maximum atomic E-state index is 12.5. The van der Waals surface area contributed by atoms with Crippen molar-refractivity contribution in [2.75, 3.05) is 0 Å². The van der Waals surface area contributed by atoms with Gasteiger partial charge in [0.25, 0.3) is 0 Å². The molecule has 6 aliphatic rings. The summed E-state index contributed by atoms with van der Waals surface area (Å²) >= 11 is 0. The molecule has 4 N–H and O–H groups in total. The van der Waals surface area contributed by atoms with Gasteiger partial charge >= 0.3 is 0 Å². The summed E-state index contributed by atoms with van der Waals surface area (Å²) in [5, 5.41) is 42.4. The second-order valence-electron chi connectivity index (χ2n) is 15.2. The lowest BCUT2D eigenvalue weighted by Gasteiger charge is -2.67. The molecule has 38 heavy (non-hydrogen) atoms. The van der Waals surface area contributed by atoms with Crippen LogP contribution < -0.4 is 0 Å². The van der Waals surface area contributed by atoms with Crippen molar-refractivity contribution < 1.29 is 30.0 Å². The van der Waals surface area contributed by atoms with Crippen LogP contribution in [0.15, 0.2) is 11.6 Å². The number of hydrogen-bond donors (Lipinski definition) is 4. The highest BCUT2D eigenvalue weighted by Crippen LogP contribution is 2.71. The van der Waals surface area contributed by atoms with E-state index in [0.717, 1.165) is 57.8 Å². The molecule has 214 valence electrons. The van der Waals surface area contributed by atoms with Crippen LogP contribution in [0.4, 0.5) is 0 Å². The highest BCUT2D eigenvalue weighted by atomic mass is 16.6. The normalized spacial score (nSPS) is 58.2. The predicted molar refractivity (Wildman–Crippen MR) is 144 cm³/mol. The molecule has 0 spiro atoms. The topological polar surface area (TPSA) is 107 Å². The van der Waals surface area contributed by atoms with Crippen LogP contribution >= 0.6 is 0 Å². The van der Waals surface area contributed by atoms with Gasteiger partial charge in [0.15, 0.2) is 6.29 Å². The number of carbonyl (C=O) groups is 1. The molecular weight excluding hydrogens is 480 g/mol. The molecule has 5 aliphatic carbocycles. The van der Waals surface area contributed by atoms with Crippen LogP contribution in [0.3, 0.4) is 0 Å². The standard InChI is InChI=1S/C32H50O6/c1-18-7-13-32(17-33)14-9-21-20(22(32)15-18)5-6-24-29(21,2)12-10-25-30(24,3)11-8-19(31(25,4)37)16-23-26(34)27(35)28(36)38-23/h5,17-19,21-28,34-37H,6-16H2,1-4H3/t18?,19?,21?,22?,23?,24?,25?,26?,27?,28?,29?,30?,31-,32?/m1/s1. The summed E-state index contributed by atoms with van der Waals surface area (Å²) in [6.45, 7) is 9.31. The first-order valence-electron chi connectivity index (χ1n) is 15.5. The minimum absolute atomic E-state index is 0.0161. The van der Waals surface area contributed by atoms with Gasteiger partial charge in [-0.05, 0) is 124 Å². The van der Waals surface area contributed by atoms with Crippen molar-refractivity contribution in [3.8, 4) is 0 Å². The van der Waals surface area contributed by atoms with Gasteiger partial charge in [-0.1, -0.05) is 32.4 Å². The zero-order chi connectivity index (χ0) is 27.3. The average molecular weight is 531 g/mol. The number of allylic oxidation sites excluding steroid dienone is 2. The van der Waals surface area contributed by atoms with E-state index in [4.69, 9.17) is 4.74 Å². The molecule has 0 aromatic rings. The SMILES string of the molecule is CC1CCC2(C=O)CCC3C(=CCC4C3(C)CCC3C4(C)CCC(CC4OC(O)C(O)C4O)[C@@]3(C)O)C2C1. The van der Waals surface area contributed by atoms with Gasteiger partial charge in [-0.15, -0.1) is 0 Å². The zero-order valence-corrected chi connectivity index (χ0v) is 23.8. The van der Waals surface area contributed by atoms with Gasteiger partial charge in [-0.2, -0.15) is 0 Å². The second-order valence-corrected chi connectivity index (χ2v) is 15.2. The number of rotatable bonds is 3. The van der Waals surface area contributed by atoms with Crippen molar-refractivity contribution in [2.24, 2.45) is 51.8 Å². The van der Waals surface area contributed by atoms with Gasteiger partial charge < -0.3 is 30.0 Å². The summed E-state index contributed by atoms with van der Waals surface area (Å²) in [6.07, 6.45) is 10.4. The number of aliphatic hydroxyl groups excluding tert-OH is 3. The smallest absolute Gasteiger partial charge is 0.183 e. The van der Waals surface area contributed by atoms with E-state index in [9.17, 15) is 25.2 Å². The Hall–Kier alpha value is -0.790. The molecule has 6 heteroatoms. The third-order valence-corrected chi connectivity index (χ3v) is 13.5. The maximum absolute atomic E-state index is 12.5. The summed E-state index contributed by atoms with van der Waals surface area (Å²) < 4.78 is 5.48. The fraction of sp³-hybridized carbons (Fsp3) is 0.906. The van der Waals surface area contributed by atoms with Crippen molar-refractivity contribution in [3.05, 3.63) is 11.6 Å². The fourth-order valence-electron chi connectivity index (χ4n) is 11.3. The van der Waals surface area contributed by atoms with E-state index in [1.54, 1.807) is 5.57 Å². The summed E-state index contributed by atoms with van der Waals surface area (Å²) in [5.74, 6) is 2.23. The van der Waals surface area contributed by atoms with Crippen molar-refractivity contribution in [3.63, 3.8) is 0 Å². The van der Waals surface area contributed by atoms with E-state index in [0.29, 0.717) is 30.1 Å². The molecule has 4 saturated carbocycles. The maximum Gasteiger partial charge on any atom is 0.183 e. The quantitative estimate of drug-likeness (QED) is 0.319. The number of fused-ring (bicyclic) bond motifs is 7. The van der Waals surface area contributed by atoms with E-state index >= 15 is 0 Å². The molecular formula is C32H50O6. The van der Waals surface area contributed by atoms with Gasteiger partial charge in [0.2, 0.25) is 0 Å². The van der Waals surface area contributed by atoms with Crippen LogP contribution in [0.5, 0.6) is 0 Å². The first-order valence-corrected chi connectivity index (χ1v) is 15.5. The Bertz CT molecular complexity index is 977. The van der Waals surface area contributed by atoms with E-state index in [-0.39, 0.29) is 28.1 Å². The summed E-state index contributed by atoms with van der Waals surface area (Å²) in [7, 11) is 0. The molecule has 13 unspecified atom stereocenters. The number of hydrogen-bond acceptors (Lipinski definition) is 6. The first kappa shape index (κ1) is 27.4. The van der Waals surface area contributed by atoms with Gasteiger partial charge in [-0.3, -0.25) is 0 Å². The van der Waals surface area contributed by atoms with E-state index in [1.165, 1.54) is 12.7 Å². The summed E-state index contributed by atoms with van der Waals surface area (Å²) in [4.78, 5) is 12.5. The van der Waals surface area contributed by atoms with Crippen LogP contribution in [0.2, 0.25) is 0 Å². The molecule has 0 radical (unpaired) electrons. The molecule has 6 rings (SSSR count). The van der Waals surface area contributed by atoms with Crippen molar-refractivity contribution >= 4 is 6.29 Å². The number of aliphatic hydroxyl groups is 4. The summed E-state index contributed by atoms with van der Waals surface area (Å²) in [6, 6.07) is 0. The van der Waals surface area contributed by atoms with E-state index in [2.05, 4.69) is 26.8 Å². The minimum Gasteiger partial charge on any atom is -0.390 e. The number of ether oxygens (including phenoxy) is 1. The van der Waals surface area contributed by atoms with Gasteiger partial charge in [0.05, 0.1) is 11.7 Å². The second kappa shape index (κ2) is 9.11. The lowest BCUT2D eigenvalue weighted by molar-refractivity contribution is -0.214. The molecule has 5 fully saturated rings. The Labute approximate surface area is 228 Å². The Morgan fingerprint density at radius 2 is 1.63 bits per heavy atom. The molecule has 0 aromatic heterocycles. The Morgan fingerprint density at radius 1 is 0.921 bits per heavy atom. The van der Waals surface area contributed by atoms with Gasteiger partial charge in [-0.25, -0.2) is 0 Å². The molecule has 1 saturated heterocycles. The van der Waals surface area contributed by atoms with Crippen LogP contribution in [0, 0.1) is 51.8 Å². The lowest BCUT2D eigenvalue weighted by Crippen LogP contribution is -2.63. The Kier molecular flexibility index (Phi) is 6.56. The molecule has 6 nitrogen and oxygen atoms in total. The molecule has 14 atom stereocenters. The predicted octanol–water partition coefficient (Wildman–Crippen LogP) is 4.38. The van der Waals surface area contributed by atoms with E-state index in [1.807, 2.05) is 6.92 Å². The highest BCUT2D eigenvalue weighted by Gasteiger charge is 2.65. The van der Waals surface area contributed by atoms with Gasteiger partial charge in [0, 0.05) is 5.41 Å². The molecule has 0 aromatic carbocycles. The summed E-state index contributed by atoms with van der Waals surface area (Å²) in [5.41, 5.74) is 0.753. The number of carbonyl (C=O) groups excluding carboxylic acids is 1. The van der Waals surface area contributed by atoms with Gasteiger partial charge in [0.1, 0.15) is 18.5 Å². The molecule has 1 aliphatic heterocycles. The lowest BCUT2D eigenvalue weighted by atomic mass is 9.37. The minimum atomic E-state index is -1.37. The van der Waals surface area contributed by atoms with E-state index < -0.39 is 30.2 Å². The Balaban J connectivity index is 1.27. The van der Waals surface area contributed by atoms with Crippen LogP contribution in [0.1, 0.15) is 98.3 Å². The monoisotopic (exact) mass is 530 g/mol. The van der Waals surface area contributed by atoms with Crippen LogP contribution in [-0.2, 0) is 9.53 Å². The Morgan fingerprint density at radius 3 is 2.32 bits per heavy atom. The highest BCUT2D eigenvalue weighted by molar-refractivity contribution is 5.62.